The Morgan fingerprint density at radius 2 is 1.38 bits per heavy atom. The fraction of sp³-hybridized carbons (Fsp3) is 0.923. The molecule has 0 aromatic rings. The predicted octanol–water partition coefficient (Wildman–Crippen LogP) is 4.74. The smallest absolute Gasteiger partial charge is 0.0326 e. The summed E-state index contributed by atoms with van der Waals surface area (Å²) in [7, 11) is 0. The van der Waals surface area contributed by atoms with E-state index < -0.39 is 0 Å². The molecular formula is C13H25. The van der Waals surface area contributed by atoms with Gasteiger partial charge in [-0.1, -0.05) is 58.8 Å². The van der Waals surface area contributed by atoms with Crippen molar-refractivity contribution in [3.05, 3.63) is 6.92 Å². The van der Waals surface area contributed by atoms with Crippen LogP contribution in [0, 0.1) is 12.3 Å². The van der Waals surface area contributed by atoms with Crippen LogP contribution in [0.1, 0.15) is 71.1 Å². The van der Waals surface area contributed by atoms with Gasteiger partial charge >= 0.3 is 0 Å². The first-order valence-electron chi connectivity index (χ1n) is 6.06. The average Bonchev–Trinajstić information content (AvgIpc) is 2.18. The largest absolute Gasteiger partial charge is 0.0596 e. The van der Waals surface area contributed by atoms with E-state index in [4.69, 9.17) is 0 Å². The Bertz CT molecular complexity index is 116. The standard InChI is InChI=1S/C13H25/c1-3-10-13(2)11-8-6-4-5-7-9-12-13/h1,3-12H2,2H3. The van der Waals surface area contributed by atoms with Gasteiger partial charge in [0, 0.05) is 0 Å². The minimum absolute atomic E-state index is 0.631. The summed E-state index contributed by atoms with van der Waals surface area (Å²) >= 11 is 0. The Morgan fingerprint density at radius 1 is 0.923 bits per heavy atom. The van der Waals surface area contributed by atoms with Gasteiger partial charge in [-0.05, 0) is 24.7 Å². The van der Waals surface area contributed by atoms with Crippen LogP contribution in [0.3, 0.4) is 0 Å². The molecule has 0 bridgehead atoms. The first-order valence-corrected chi connectivity index (χ1v) is 6.06. The molecule has 0 spiro atoms. The highest BCUT2D eigenvalue weighted by Gasteiger charge is 2.22. The molecule has 0 saturated heterocycles. The predicted molar refractivity (Wildman–Crippen MR) is 59.6 cm³/mol. The molecule has 0 unspecified atom stereocenters. The maximum Gasteiger partial charge on any atom is -0.0326 e. The van der Waals surface area contributed by atoms with E-state index in [1.807, 2.05) is 0 Å². The van der Waals surface area contributed by atoms with Crippen LogP contribution in [-0.2, 0) is 0 Å². The molecule has 0 atom stereocenters. The van der Waals surface area contributed by atoms with Crippen LogP contribution >= 0.6 is 0 Å². The summed E-state index contributed by atoms with van der Waals surface area (Å²) in [5.74, 6) is 0. The highest BCUT2D eigenvalue weighted by atomic mass is 14.3. The molecule has 1 saturated carbocycles. The SMILES string of the molecule is [CH2]CCC1(C)CCCCCCCC1. The summed E-state index contributed by atoms with van der Waals surface area (Å²) in [4.78, 5) is 0. The van der Waals surface area contributed by atoms with Gasteiger partial charge in [0.25, 0.3) is 0 Å². The molecule has 0 amide bonds. The third kappa shape index (κ3) is 4.15. The minimum atomic E-state index is 0.631. The normalized spacial score (nSPS) is 24.5. The molecule has 1 rings (SSSR count). The molecule has 1 radical (unpaired) electrons. The first kappa shape index (κ1) is 11.1. The van der Waals surface area contributed by atoms with Crippen molar-refractivity contribution < 1.29 is 0 Å². The van der Waals surface area contributed by atoms with Crippen LogP contribution in [0.2, 0.25) is 0 Å². The number of rotatable bonds is 2. The lowest BCUT2D eigenvalue weighted by molar-refractivity contribution is 0.240. The van der Waals surface area contributed by atoms with E-state index in [2.05, 4.69) is 13.8 Å². The number of hydrogen-bond acceptors (Lipinski definition) is 0. The molecule has 0 nitrogen and oxygen atoms in total. The van der Waals surface area contributed by atoms with Crippen molar-refractivity contribution in [1.82, 2.24) is 0 Å². The van der Waals surface area contributed by atoms with Crippen molar-refractivity contribution in [1.29, 1.82) is 0 Å². The third-order valence-corrected chi connectivity index (χ3v) is 3.59. The van der Waals surface area contributed by atoms with Gasteiger partial charge in [-0.3, -0.25) is 0 Å². The summed E-state index contributed by atoms with van der Waals surface area (Å²) < 4.78 is 0. The minimum Gasteiger partial charge on any atom is -0.0596 e. The van der Waals surface area contributed by atoms with Crippen LogP contribution in [0.4, 0.5) is 0 Å². The Kier molecular flexibility index (Phi) is 4.83. The maximum atomic E-state index is 4.00. The van der Waals surface area contributed by atoms with Gasteiger partial charge < -0.3 is 0 Å². The van der Waals surface area contributed by atoms with E-state index in [0.29, 0.717) is 5.41 Å². The maximum absolute atomic E-state index is 4.00. The second-order valence-corrected chi connectivity index (χ2v) is 5.04. The molecule has 77 valence electrons. The first-order chi connectivity index (χ1) is 6.27. The summed E-state index contributed by atoms with van der Waals surface area (Å²) in [6.07, 6.45) is 14.1. The lowest BCUT2D eigenvalue weighted by atomic mass is 9.77. The molecule has 0 aromatic carbocycles. The average molecular weight is 181 g/mol. The Hall–Kier alpha value is 0. The van der Waals surface area contributed by atoms with Crippen molar-refractivity contribution >= 4 is 0 Å². The molecule has 1 aliphatic carbocycles. The van der Waals surface area contributed by atoms with Crippen molar-refractivity contribution in [2.24, 2.45) is 5.41 Å². The molecule has 0 aromatic heterocycles. The summed E-state index contributed by atoms with van der Waals surface area (Å²) in [5, 5.41) is 0. The molecule has 0 heteroatoms. The van der Waals surface area contributed by atoms with E-state index in [1.54, 1.807) is 0 Å². The second kappa shape index (κ2) is 5.67. The van der Waals surface area contributed by atoms with Crippen LogP contribution in [0.25, 0.3) is 0 Å². The topological polar surface area (TPSA) is 0 Å². The van der Waals surface area contributed by atoms with E-state index in [-0.39, 0.29) is 0 Å². The Balaban J connectivity index is 2.39. The monoisotopic (exact) mass is 181 g/mol. The van der Waals surface area contributed by atoms with Crippen molar-refractivity contribution in [3.63, 3.8) is 0 Å². The van der Waals surface area contributed by atoms with Gasteiger partial charge in [0.15, 0.2) is 0 Å². The molecule has 0 heterocycles. The van der Waals surface area contributed by atoms with Crippen molar-refractivity contribution in [2.45, 2.75) is 71.1 Å². The van der Waals surface area contributed by atoms with E-state index >= 15 is 0 Å². The molecule has 0 aliphatic heterocycles. The van der Waals surface area contributed by atoms with Crippen LogP contribution in [0.5, 0.6) is 0 Å². The highest BCUT2D eigenvalue weighted by Crippen LogP contribution is 2.36. The van der Waals surface area contributed by atoms with Crippen molar-refractivity contribution in [3.8, 4) is 0 Å². The zero-order valence-electron chi connectivity index (χ0n) is 9.28. The fourth-order valence-corrected chi connectivity index (χ4v) is 2.61. The molecule has 0 N–H and O–H groups in total. The molecule has 1 aliphatic rings. The summed E-state index contributed by atoms with van der Waals surface area (Å²) in [5.41, 5.74) is 0.631. The van der Waals surface area contributed by atoms with Gasteiger partial charge in [-0.15, -0.1) is 0 Å². The van der Waals surface area contributed by atoms with Gasteiger partial charge in [0.2, 0.25) is 0 Å². The highest BCUT2D eigenvalue weighted by molar-refractivity contribution is 4.76. The Labute approximate surface area is 84.1 Å². The van der Waals surface area contributed by atoms with Gasteiger partial charge in [0.05, 0.1) is 0 Å². The van der Waals surface area contributed by atoms with E-state index in [1.165, 1.54) is 57.8 Å². The van der Waals surface area contributed by atoms with Crippen LogP contribution in [0.15, 0.2) is 0 Å². The van der Waals surface area contributed by atoms with E-state index in [0.717, 1.165) is 6.42 Å². The lowest BCUT2D eigenvalue weighted by Crippen LogP contribution is -2.15. The molecule has 1 fully saturated rings. The van der Waals surface area contributed by atoms with Gasteiger partial charge in [0.1, 0.15) is 0 Å². The number of hydrogen-bond donors (Lipinski definition) is 0. The zero-order chi connectivity index (χ0) is 9.57. The fourth-order valence-electron chi connectivity index (χ4n) is 2.61. The lowest BCUT2D eigenvalue weighted by Gasteiger charge is -2.28. The molecule has 13 heavy (non-hydrogen) atoms. The summed E-state index contributed by atoms with van der Waals surface area (Å²) in [6.45, 7) is 6.48. The quantitative estimate of drug-likeness (QED) is 0.577. The summed E-state index contributed by atoms with van der Waals surface area (Å²) in [6, 6.07) is 0. The van der Waals surface area contributed by atoms with Gasteiger partial charge in [-0.25, -0.2) is 0 Å². The van der Waals surface area contributed by atoms with Crippen molar-refractivity contribution in [2.75, 3.05) is 0 Å². The Morgan fingerprint density at radius 3 is 1.85 bits per heavy atom. The second-order valence-electron chi connectivity index (χ2n) is 5.04. The zero-order valence-corrected chi connectivity index (χ0v) is 9.28. The third-order valence-electron chi connectivity index (χ3n) is 3.59. The van der Waals surface area contributed by atoms with E-state index in [9.17, 15) is 0 Å². The molecular weight excluding hydrogens is 156 g/mol. The van der Waals surface area contributed by atoms with Crippen LogP contribution < -0.4 is 0 Å². The van der Waals surface area contributed by atoms with Crippen LogP contribution in [-0.4, -0.2) is 0 Å². The van der Waals surface area contributed by atoms with Gasteiger partial charge in [-0.2, -0.15) is 0 Å².